The summed E-state index contributed by atoms with van der Waals surface area (Å²) in [5.41, 5.74) is -0.172. The number of esters is 2. The van der Waals surface area contributed by atoms with Crippen LogP contribution in [0, 0.1) is 11.3 Å². The fourth-order valence-corrected chi connectivity index (χ4v) is 2.17. The van der Waals surface area contributed by atoms with E-state index in [1.807, 2.05) is 19.9 Å². The molecule has 9 nitrogen and oxygen atoms in total. The van der Waals surface area contributed by atoms with Crippen LogP contribution in [0.1, 0.15) is 45.1 Å². The SMILES string of the molecule is CCCCOC(=O)C(=O)Nc1cc(C#N)cc(NC(=O)C(=O)OCCCC)c1Cl. The number of carbonyl (C=O) groups excluding carboxylic acids is 4. The Hall–Kier alpha value is -3.12. The van der Waals surface area contributed by atoms with Crippen LogP contribution in [0.15, 0.2) is 12.1 Å². The number of rotatable bonds is 8. The van der Waals surface area contributed by atoms with Gasteiger partial charge in [-0.25, -0.2) is 9.59 Å². The van der Waals surface area contributed by atoms with Gasteiger partial charge in [-0.15, -0.1) is 0 Å². The summed E-state index contributed by atoms with van der Waals surface area (Å²) in [7, 11) is 0. The summed E-state index contributed by atoms with van der Waals surface area (Å²) < 4.78 is 9.59. The van der Waals surface area contributed by atoms with Crippen LogP contribution in [-0.4, -0.2) is 37.0 Å². The molecule has 0 atom stereocenters. The molecule has 10 heteroatoms. The van der Waals surface area contributed by atoms with E-state index in [0.717, 1.165) is 12.8 Å². The Morgan fingerprint density at radius 3 is 1.69 bits per heavy atom. The van der Waals surface area contributed by atoms with Gasteiger partial charge in [0.05, 0.1) is 41.2 Å². The molecule has 0 aliphatic rings. The molecule has 156 valence electrons. The van der Waals surface area contributed by atoms with Crippen LogP contribution in [0.3, 0.4) is 0 Å². The van der Waals surface area contributed by atoms with E-state index in [0.29, 0.717) is 12.8 Å². The van der Waals surface area contributed by atoms with Crippen molar-refractivity contribution in [3.8, 4) is 6.07 Å². The van der Waals surface area contributed by atoms with Crippen molar-refractivity contribution in [2.45, 2.75) is 39.5 Å². The average molecular weight is 424 g/mol. The lowest BCUT2D eigenvalue weighted by Crippen LogP contribution is -2.27. The first kappa shape index (κ1) is 23.9. The maximum atomic E-state index is 12.0. The Kier molecular flexibility index (Phi) is 10.2. The molecule has 0 saturated heterocycles. The molecule has 1 aromatic rings. The van der Waals surface area contributed by atoms with Crippen LogP contribution in [0.2, 0.25) is 5.02 Å². The van der Waals surface area contributed by atoms with Crippen molar-refractivity contribution in [3.63, 3.8) is 0 Å². The number of carbonyl (C=O) groups is 4. The molecular weight excluding hydrogens is 402 g/mol. The summed E-state index contributed by atoms with van der Waals surface area (Å²) in [5.74, 6) is -4.40. The molecule has 0 aromatic heterocycles. The first-order valence-corrected chi connectivity index (χ1v) is 9.41. The largest absolute Gasteiger partial charge is 0.459 e. The maximum Gasteiger partial charge on any atom is 0.397 e. The number of nitrogens with one attached hydrogen (secondary N) is 2. The van der Waals surface area contributed by atoms with E-state index in [2.05, 4.69) is 10.6 Å². The van der Waals surface area contributed by atoms with Gasteiger partial charge in [-0.3, -0.25) is 9.59 Å². The Morgan fingerprint density at radius 2 is 1.34 bits per heavy atom. The zero-order chi connectivity index (χ0) is 21.8. The van der Waals surface area contributed by atoms with Crippen molar-refractivity contribution in [2.75, 3.05) is 23.8 Å². The van der Waals surface area contributed by atoms with Gasteiger partial charge in [-0.2, -0.15) is 5.26 Å². The molecule has 0 saturated carbocycles. The minimum absolute atomic E-state index is 0.0266. The van der Waals surface area contributed by atoms with Crippen molar-refractivity contribution in [3.05, 3.63) is 22.7 Å². The highest BCUT2D eigenvalue weighted by molar-refractivity contribution is 6.43. The highest BCUT2D eigenvalue weighted by Gasteiger charge is 2.21. The first-order valence-electron chi connectivity index (χ1n) is 9.03. The predicted molar refractivity (Wildman–Crippen MR) is 105 cm³/mol. The first-order chi connectivity index (χ1) is 13.8. The third kappa shape index (κ3) is 7.79. The lowest BCUT2D eigenvalue weighted by molar-refractivity contribution is -0.152. The van der Waals surface area contributed by atoms with E-state index >= 15 is 0 Å². The van der Waals surface area contributed by atoms with Crippen molar-refractivity contribution in [1.82, 2.24) is 0 Å². The van der Waals surface area contributed by atoms with Crippen LogP contribution < -0.4 is 10.6 Å². The third-order valence-corrected chi connectivity index (χ3v) is 3.94. The molecule has 29 heavy (non-hydrogen) atoms. The quantitative estimate of drug-likeness (QED) is 0.373. The van der Waals surface area contributed by atoms with Crippen LogP contribution >= 0.6 is 11.6 Å². The molecule has 2 N–H and O–H groups in total. The molecule has 0 unspecified atom stereocenters. The molecule has 2 amide bonds. The van der Waals surface area contributed by atoms with Gasteiger partial charge in [0, 0.05) is 0 Å². The number of nitriles is 1. The summed E-state index contributed by atoms with van der Waals surface area (Å²) >= 11 is 6.15. The molecular formula is C19H22ClN3O6. The van der Waals surface area contributed by atoms with Crippen LogP contribution in [-0.2, 0) is 28.7 Å². The number of anilines is 2. The molecule has 0 heterocycles. The van der Waals surface area contributed by atoms with E-state index in [9.17, 15) is 19.2 Å². The van der Waals surface area contributed by atoms with E-state index < -0.39 is 23.8 Å². The molecule has 0 aliphatic carbocycles. The minimum Gasteiger partial charge on any atom is -0.459 e. The summed E-state index contributed by atoms with van der Waals surface area (Å²) in [6.45, 7) is 3.99. The fraction of sp³-hybridized carbons (Fsp3) is 0.421. The minimum atomic E-state index is -1.11. The second-order valence-electron chi connectivity index (χ2n) is 5.88. The van der Waals surface area contributed by atoms with Gasteiger partial charge in [0.25, 0.3) is 0 Å². The second kappa shape index (κ2) is 12.4. The van der Waals surface area contributed by atoms with Gasteiger partial charge in [-0.05, 0) is 25.0 Å². The maximum absolute atomic E-state index is 12.0. The van der Waals surface area contributed by atoms with Crippen LogP contribution in [0.25, 0.3) is 0 Å². The Labute approximate surface area is 173 Å². The second-order valence-corrected chi connectivity index (χ2v) is 6.26. The van der Waals surface area contributed by atoms with E-state index in [1.54, 1.807) is 0 Å². The number of ether oxygens (including phenoxy) is 2. The lowest BCUT2D eigenvalue weighted by Gasteiger charge is -2.12. The number of benzene rings is 1. The molecule has 0 spiro atoms. The van der Waals surface area contributed by atoms with Crippen molar-refractivity contribution < 1.29 is 28.7 Å². The van der Waals surface area contributed by atoms with Crippen LogP contribution in [0.4, 0.5) is 11.4 Å². The van der Waals surface area contributed by atoms with Crippen molar-refractivity contribution >= 4 is 46.7 Å². The summed E-state index contributed by atoms with van der Waals surface area (Å²) in [6.07, 6.45) is 2.78. The van der Waals surface area contributed by atoms with Crippen molar-refractivity contribution in [1.29, 1.82) is 5.26 Å². The van der Waals surface area contributed by atoms with E-state index in [1.165, 1.54) is 12.1 Å². The summed E-state index contributed by atoms with van der Waals surface area (Å²) in [6, 6.07) is 4.26. The topological polar surface area (TPSA) is 135 Å². The molecule has 0 fully saturated rings. The third-order valence-electron chi connectivity index (χ3n) is 3.53. The highest BCUT2D eigenvalue weighted by atomic mass is 35.5. The Morgan fingerprint density at radius 1 is 0.931 bits per heavy atom. The summed E-state index contributed by atoms with van der Waals surface area (Å²) in [4.78, 5) is 47.3. The van der Waals surface area contributed by atoms with Gasteiger partial charge in [0.2, 0.25) is 0 Å². The zero-order valence-corrected chi connectivity index (χ0v) is 16.9. The molecule has 0 bridgehead atoms. The van der Waals surface area contributed by atoms with E-state index in [-0.39, 0.29) is 35.2 Å². The van der Waals surface area contributed by atoms with Gasteiger partial charge in [0.15, 0.2) is 0 Å². The van der Waals surface area contributed by atoms with Gasteiger partial charge >= 0.3 is 23.8 Å². The Bertz CT molecular complexity index is 762. The number of halogens is 1. The smallest absolute Gasteiger partial charge is 0.397 e. The number of hydrogen-bond acceptors (Lipinski definition) is 7. The molecule has 0 radical (unpaired) electrons. The molecule has 1 rings (SSSR count). The lowest BCUT2D eigenvalue weighted by atomic mass is 10.1. The number of nitrogens with zero attached hydrogens (tertiary/aromatic N) is 1. The van der Waals surface area contributed by atoms with E-state index in [4.69, 9.17) is 26.3 Å². The predicted octanol–water partition coefficient (Wildman–Crippen LogP) is 2.78. The number of amides is 2. The average Bonchev–Trinajstić information content (AvgIpc) is 2.70. The van der Waals surface area contributed by atoms with Crippen molar-refractivity contribution in [2.24, 2.45) is 0 Å². The number of hydrogen-bond donors (Lipinski definition) is 2. The van der Waals surface area contributed by atoms with Gasteiger partial charge < -0.3 is 20.1 Å². The van der Waals surface area contributed by atoms with Gasteiger partial charge in [-0.1, -0.05) is 38.3 Å². The highest BCUT2D eigenvalue weighted by Crippen LogP contribution is 2.32. The normalized spacial score (nSPS) is 9.86. The molecule has 1 aromatic carbocycles. The Balaban J connectivity index is 2.92. The standard InChI is InChI=1S/C19H22ClN3O6/c1-3-5-7-28-18(26)16(24)22-13-9-12(11-21)10-14(15(13)20)23-17(25)19(27)29-8-6-4-2/h9-10H,3-8H2,1-2H3,(H,22,24)(H,23,25). The summed E-state index contributed by atoms with van der Waals surface area (Å²) in [5, 5.41) is 13.4. The fourth-order valence-electron chi connectivity index (χ4n) is 1.97. The van der Waals surface area contributed by atoms with Gasteiger partial charge in [0.1, 0.15) is 0 Å². The van der Waals surface area contributed by atoms with Crippen LogP contribution in [0.5, 0.6) is 0 Å². The monoisotopic (exact) mass is 423 g/mol. The zero-order valence-electron chi connectivity index (χ0n) is 16.2. The number of unbranched alkanes of at least 4 members (excludes halogenated alkanes) is 2. The molecule has 0 aliphatic heterocycles.